The maximum atomic E-state index is 13.0. The van der Waals surface area contributed by atoms with Crippen LogP contribution in [0.3, 0.4) is 0 Å². The molecule has 1 aromatic carbocycles. The predicted molar refractivity (Wildman–Crippen MR) is 104 cm³/mol. The second-order valence-electron chi connectivity index (χ2n) is 7.44. The van der Waals surface area contributed by atoms with Gasteiger partial charge in [0.2, 0.25) is 0 Å². The third kappa shape index (κ3) is 4.62. The minimum atomic E-state index is -0.933. The summed E-state index contributed by atoms with van der Waals surface area (Å²) in [5.74, 6) is 1.49. The summed E-state index contributed by atoms with van der Waals surface area (Å²) in [6.45, 7) is 11.3. The number of aryl methyl sites for hydroxylation is 2. The molecule has 0 spiro atoms. The highest BCUT2D eigenvalue weighted by molar-refractivity contribution is 6.30. The lowest BCUT2D eigenvalue weighted by Gasteiger charge is -2.38. The van der Waals surface area contributed by atoms with E-state index in [4.69, 9.17) is 20.9 Å². The molecule has 27 heavy (non-hydrogen) atoms. The van der Waals surface area contributed by atoms with Crippen molar-refractivity contribution in [2.24, 2.45) is 0 Å². The SMILES string of the molecule is Cc1noc(C)c1CN1CCN(C(=O)C(C)(C)Oc2ccc(Cl)cc2)CC1. The van der Waals surface area contributed by atoms with Crippen molar-refractivity contribution in [1.29, 1.82) is 0 Å². The molecular formula is C20H26ClN3O3. The Morgan fingerprint density at radius 1 is 1.19 bits per heavy atom. The van der Waals surface area contributed by atoms with Gasteiger partial charge in [-0.15, -0.1) is 0 Å². The van der Waals surface area contributed by atoms with E-state index in [-0.39, 0.29) is 5.91 Å². The van der Waals surface area contributed by atoms with E-state index in [9.17, 15) is 4.79 Å². The number of rotatable bonds is 5. The molecule has 0 unspecified atom stereocenters. The van der Waals surface area contributed by atoms with Crippen molar-refractivity contribution in [3.8, 4) is 5.75 Å². The monoisotopic (exact) mass is 391 g/mol. The molecule has 0 atom stereocenters. The second kappa shape index (κ2) is 7.90. The first kappa shape index (κ1) is 19.7. The lowest BCUT2D eigenvalue weighted by Crippen LogP contribution is -2.55. The Balaban J connectivity index is 1.56. The number of piperazine rings is 1. The molecule has 2 aromatic rings. The van der Waals surface area contributed by atoms with Crippen molar-refractivity contribution >= 4 is 17.5 Å². The minimum Gasteiger partial charge on any atom is -0.478 e. The van der Waals surface area contributed by atoms with Crippen LogP contribution < -0.4 is 4.74 Å². The van der Waals surface area contributed by atoms with Crippen LogP contribution in [0.2, 0.25) is 5.02 Å². The van der Waals surface area contributed by atoms with E-state index in [1.54, 1.807) is 38.1 Å². The molecule has 0 N–H and O–H groups in total. The summed E-state index contributed by atoms with van der Waals surface area (Å²) in [6.07, 6.45) is 0. The number of carbonyl (C=O) groups is 1. The van der Waals surface area contributed by atoms with Gasteiger partial charge >= 0.3 is 0 Å². The van der Waals surface area contributed by atoms with Gasteiger partial charge in [-0.05, 0) is 52.0 Å². The van der Waals surface area contributed by atoms with Crippen LogP contribution in [0, 0.1) is 13.8 Å². The quantitative estimate of drug-likeness (QED) is 0.781. The first-order valence-corrected chi connectivity index (χ1v) is 9.52. The largest absolute Gasteiger partial charge is 0.478 e. The lowest BCUT2D eigenvalue weighted by molar-refractivity contribution is -0.147. The van der Waals surface area contributed by atoms with E-state index < -0.39 is 5.60 Å². The number of nitrogens with zero attached hydrogens (tertiary/aromatic N) is 3. The van der Waals surface area contributed by atoms with Crippen molar-refractivity contribution in [3.05, 3.63) is 46.3 Å². The van der Waals surface area contributed by atoms with E-state index in [0.29, 0.717) is 23.9 Å². The van der Waals surface area contributed by atoms with E-state index >= 15 is 0 Å². The highest BCUT2D eigenvalue weighted by atomic mass is 35.5. The summed E-state index contributed by atoms with van der Waals surface area (Å²) < 4.78 is 11.2. The van der Waals surface area contributed by atoms with E-state index in [2.05, 4.69) is 10.1 Å². The third-order valence-corrected chi connectivity index (χ3v) is 5.18. The van der Waals surface area contributed by atoms with Crippen LogP contribution in [0.4, 0.5) is 0 Å². The Labute approximate surface area is 165 Å². The first-order chi connectivity index (χ1) is 12.8. The fraction of sp³-hybridized carbons (Fsp3) is 0.500. The standard InChI is InChI=1S/C20H26ClN3O3/c1-14-18(15(2)27-22-14)13-23-9-11-24(12-10-23)19(25)20(3,4)26-17-7-5-16(21)6-8-17/h5-8H,9-13H2,1-4H3. The summed E-state index contributed by atoms with van der Waals surface area (Å²) >= 11 is 5.91. The maximum absolute atomic E-state index is 13.0. The Bertz CT molecular complexity index is 774. The number of ether oxygens (including phenoxy) is 1. The van der Waals surface area contributed by atoms with Gasteiger partial charge in [-0.2, -0.15) is 0 Å². The molecule has 1 aliphatic rings. The van der Waals surface area contributed by atoms with Crippen molar-refractivity contribution in [2.75, 3.05) is 26.2 Å². The number of aromatic nitrogens is 1. The summed E-state index contributed by atoms with van der Waals surface area (Å²) in [5, 5.41) is 4.65. The number of hydrogen-bond donors (Lipinski definition) is 0. The maximum Gasteiger partial charge on any atom is 0.266 e. The normalized spacial score (nSPS) is 15.8. The Hall–Kier alpha value is -2.05. The van der Waals surface area contributed by atoms with E-state index in [0.717, 1.165) is 36.7 Å². The fourth-order valence-corrected chi connectivity index (χ4v) is 3.41. The zero-order chi connectivity index (χ0) is 19.6. The highest BCUT2D eigenvalue weighted by Crippen LogP contribution is 2.23. The third-order valence-electron chi connectivity index (χ3n) is 4.92. The number of halogens is 1. The average molecular weight is 392 g/mol. The molecule has 1 aromatic heterocycles. The molecule has 2 heterocycles. The van der Waals surface area contributed by atoms with Crippen LogP contribution in [0.1, 0.15) is 30.9 Å². The van der Waals surface area contributed by atoms with Crippen LogP contribution >= 0.6 is 11.6 Å². The van der Waals surface area contributed by atoms with Crippen molar-refractivity contribution < 1.29 is 14.1 Å². The number of amides is 1. The molecule has 146 valence electrons. The van der Waals surface area contributed by atoms with Gasteiger partial charge in [-0.1, -0.05) is 16.8 Å². The highest BCUT2D eigenvalue weighted by Gasteiger charge is 2.35. The predicted octanol–water partition coefficient (Wildman–Crippen LogP) is 3.45. The van der Waals surface area contributed by atoms with Gasteiger partial charge < -0.3 is 14.2 Å². The van der Waals surface area contributed by atoms with Crippen molar-refractivity contribution in [3.63, 3.8) is 0 Å². The summed E-state index contributed by atoms with van der Waals surface area (Å²) in [5.41, 5.74) is 1.14. The summed E-state index contributed by atoms with van der Waals surface area (Å²) in [4.78, 5) is 17.2. The lowest BCUT2D eigenvalue weighted by atomic mass is 10.1. The smallest absolute Gasteiger partial charge is 0.266 e. The zero-order valence-electron chi connectivity index (χ0n) is 16.3. The molecule has 3 rings (SSSR count). The fourth-order valence-electron chi connectivity index (χ4n) is 3.28. The van der Waals surface area contributed by atoms with Crippen molar-refractivity contribution in [2.45, 2.75) is 39.8 Å². The van der Waals surface area contributed by atoms with Gasteiger partial charge in [0.15, 0.2) is 5.60 Å². The summed E-state index contributed by atoms with van der Waals surface area (Å²) in [6, 6.07) is 7.06. The molecule has 0 aliphatic carbocycles. The minimum absolute atomic E-state index is 0.00515. The van der Waals surface area contributed by atoms with Crippen LogP contribution in [-0.4, -0.2) is 52.6 Å². The van der Waals surface area contributed by atoms with Gasteiger partial charge in [-0.3, -0.25) is 9.69 Å². The van der Waals surface area contributed by atoms with Gasteiger partial charge in [0.05, 0.1) is 5.69 Å². The Morgan fingerprint density at radius 3 is 2.37 bits per heavy atom. The van der Waals surface area contributed by atoms with Gasteiger partial charge in [0.1, 0.15) is 11.5 Å². The second-order valence-corrected chi connectivity index (χ2v) is 7.87. The van der Waals surface area contributed by atoms with Crippen LogP contribution in [0.15, 0.2) is 28.8 Å². The summed E-state index contributed by atoms with van der Waals surface area (Å²) in [7, 11) is 0. The molecule has 1 fully saturated rings. The van der Waals surface area contributed by atoms with Gasteiger partial charge in [0.25, 0.3) is 5.91 Å². The number of hydrogen-bond acceptors (Lipinski definition) is 5. The van der Waals surface area contributed by atoms with Crippen LogP contribution in [0.25, 0.3) is 0 Å². The van der Waals surface area contributed by atoms with E-state index in [1.807, 2.05) is 18.7 Å². The van der Waals surface area contributed by atoms with Gasteiger partial charge in [0, 0.05) is 43.3 Å². The first-order valence-electron chi connectivity index (χ1n) is 9.14. The van der Waals surface area contributed by atoms with Crippen molar-refractivity contribution in [1.82, 2.24) is 15.0 Å². The van der Waals surface area contributed by atoms with Crippen LogP contribution in [-0.2, 0) is 11.3 Å². The number of carbonyl (C=O) groups excluding carboxylic acids is 1. The topological polar surface area (TPSA) is 58.8 Å². The molecule has 6 nitrogen and oxygen atoms in total. The molecule has 0 saturated carbocycles. The zero-order valence-corrected chi connectivity index (χ0v) is 17.0. The molecule has 0 bridgehead atoms. The molecule has 1 saturated heterocycles. The molecular weight excluding hydrogens is 366 g/mol. The molecule has 1 amide bonds. The van der Waals surface area contributed by atoms with Crippen LogP contribution in [0.5, 0.6) is 5.75 Å². The molecule has 1 aliphatic heterocycles. The molecule has 0 radical (unpaired) electrons. The average Bonchev–Trinajstić information content (AvgIpc) is 2.95. The van der Waals surface area contributed by atoms with E-state index in [1.165, 1.54) is 0 Å². The number of benzene rings is 1. The Morgan fingerprint density at radius 2 is 1.81 bits per heavy atom. The van der Waals surface area contributed by atoms with Gasteiger partial charge in [-0.25, -0.2) is 0 Å². The Kier molecular flexibility index (Phi) is 5.77. The molecule has 7 heteroatoms.